The van der Waals surface area contributed by atoms with Gasteiger partial charge in [-0.15, -0.1) is 6.42 Å². The third-order valence-electron chi connectivity index (χ3n) is 3.84. The van der Waals surface area contributed by atoms with Crippen molar-refractivity contribution in [2.75, 3.05) is 12.3 Å². The summed E-state index contributed by atoms with van der Waals surface area (Å²) in [5.41, 5.74) is 5.99. The van der Waals surface area contributed by atoms with Crippen LogP contribution < -0.4 is 11.3 Å². The molecule has 2 aromatic heterocycles. The van der Waals surface area contributed by atoms with Crippen molar-refractivity contribution >= 4 is 32.5 Å². The van der Waals surface area contributed by atoms with Crippen LogP contribution in [0.25, 0.3) is 11.2 Å². The molecule has 0 spiro atoms. The Morgan fingerprint density at radius 3 is 2.72 bits per heavy atom. The number of aliphatic hydroxyl groups is 2. The van der Waals surface area contributed by atoms with Crippen molar-refractivity contribution in [3.63, 3.8) is 0 Å². The lowest BCUT2D eigenvalue weighted by Crippen LogP contribution is -2.33. The van der Waals surface area contributed by atoms with Gasteiger partial charge in [-0.25, -0.2) is 14.1 Å². The second-order valence-corrected chi connectivity index (χ2v) is 8.96. The standard InChI is InChI=1S/C12H15N5O10P2/c1-2-28(21,22)27-29(23,24)25-3-5-7(18)8(19)11(26-5)17-4-14-6-9(17)15-12(13)16-10(6)20/h1,4-5,7-8,11,18-19H,3H2,(H,21,22)(H,23,24)(H3,13,15,16,20)/t5-,7?,8?,11-/m1/s1. The van der Waals surface area contributed by atoms with Crippen LogP contribution in [-0.2, 0) is 22.7 Å². The maximum Gasteiger partial charge on any atom is 0.480 e. The van der Waals surface area contributed by atoms with Gasteiger partial charge in [0.15, 0.2) is 17.4 Å². The Kier molecular flexibility index (Phi) is 5.67. The average molecular weight is 451 g/mol. The van der Waals surface area contributed by atoms with Gasteiger partial charge in [0.2, 0.25) is 5.95 Å². The molecule has 7 N–H and O–H groups in total. The molecular weight excluding hydrogens is 436 g/mol. The van der Waals surface area contributed by atoms with Gasteiger partial charge in [0.1, 0.15) is 18.3 Å². The van der Waals surface area contributed by atoms with E-state index in [0.717, 1.165) is 10.9 Å². The molecule has 1 fully saturated rings. The van der Waals surface area contributed by atoms with E-state index in [1.807, 2.05) is 0 Å². The minimum absolute atomic E-state index is 0.0459. The highest BCUT2D eigenvalue weighted by Gasteiger charge is 2.46. The van der Waals surface area contributed by atoms with E-state index in [-0.39, 0.29) is 17.1 Å². The SMILES string of the molecule is C#CP(=O)(O)OP(=O)(O)OC[C@H]1O[C@@H](n2cnc3c(=O)[nH]c(N)nc32)C(O)C1O. The molecule has 0 radical (unpaired) electrons. The van der Waals surface area contributed by atoms with Crippen molar-refractivity contribution in [2.24, 2.45) is 0 Å². The first-order valence-corrected chi connectivity index (χ1v) is 10.7. The summed E-state index contributed by atoms with van der Waals surface area (Å²) in [6.07, 6.45) is -0.0896. The van der Waals surface area contributed by atoms with Gasteiger partial charge in [-0.05, 0) is 0 Å². The minimum atomic E-state index is -5.08. The fourth-order valence-corrected chi connectivity index (χ4v) is 4.41. The number of imidazole rings is 1. The first kappa shape index (κ1) is 21.6. The van der Waals surface area contributed by atoms with Crippen molar-refractivity contribution in [2.45, 2.75) is 24.5 Å². The Balaban J connectivity index is 1.78. The number of phosphoric ester groups is 1. The molecule has 6 atom stereocenters. The number of ether oxygens (including phenoxy) is 1. The summed E-state index contributed by atoms with van der Waals surface area (Å²) in [6, 6.07) is 0. The van der Waals surface area contributed by atoms with Crippen LogP contribution in [0.5, 0.6) is 0 Å². The smallest absolute Gasteiger partial charge is 0.387 e. The van der Waals surface area contributed by atoms with Gasteiger partial charge in [-0.3, -0.25) is 18.9 Å². The van der Waals surface area contributed by atoms with Crippen LogP contribution in [0.1, 0.15) is 6.23 Å². The summed E-state index contributed by atoms with van der Waals surface area (Å²) < 4.78 is 37.9. The largest absolute Gasteiger partial charge is 0.480 e. The zero-order chi connectivity index (χ0) is 21.6. The van der Waals surface area contributed by atoms with Crippen LogP contribution in [0.2, 0.25) is 0 Å². The molecule has 0 aromatic carbocycles. The summed E-state index contributed by atoms with van der Waals surface area (Å²) in [7, 11) is -9.88. The van der Waals surface area contributed by atoms with E-state index in [1.165, 1.54) is 5.66 Å². The summed E-state index contributed by atoms with van der Waals surface area (Å²) in [5, 5.41) is 20.4. The van der Waals surface area contributed by atoms with Crippen LogP contribution in [0.3, 0.4) is 0 Å². The van der Waals surface area contributed by atoms with E-state index in [9.17, 15) is 29.0 Å². The second-order valence-electron chi connectivity index (χ2n) is 5.82. The van der Waals surface area contributed by atoms with Crippen LogP contribution in [0.15, 0.2) is 11.1 Å². The lowest BCUT2D eigenvalue weighted by molar-refractivity contribution is -0.0501. The van der Waals surface area contributed by atoms with Crippen molar-refractivity contribution < 1.29 is 42.7 Å². The Morgan fingerprint density at radius 2 is 2.07 bits per heavy atom. The molecule has 1 saturated heterocycles. The average Bonchev–Trinajstić information content (AvgIpc) is 3.15. The van der Waals surface area contributed by atoms with Gasteiger partial charge in [-0.1, -0.05) is 0 Å². The van der Waals surface area contributed by atoms with Crippen LogP contribution in [0, 0.1) is 12.1 Å². The third kappa shape index (κ3) is 4.41. The van der Waals surface area contributed by atoms with Gasteiger partial charge in [-0.2, -0.15) is 9.29 Å². The number of nitrogens with two attached hydrogens (primary N) is 1. The van der Waals surface area contributed by atoms with Gasteiger partial charge in [0.05, 0.1) is 12.9 Å². The van der Waals surface area contributed by atoms with Crippen LogP contribution in [0.4, 0.5) is 5.95 Å². The third-order valence-corrected chi connectivity index (χ3v) is 6.35. The lowest BCUT2D eigenvalue weighted by Gasteiger charge is -2.18. The number of anilines is 1. The zero-order valence-electron chi connectivity index (χ0n) is 14.2. The number of hydrogen-bond acceptors (Lipinski definition) is 11. The molecule has 17 heteroatoms. The monoisotopic (exact) mass is 451 g/mol. The van der Waals surface area contributed by atoms with E-state index >= 15 is 0 Å². The Labute approximate surface area is 161 Å². The number of nitrogens with zero attached hydrogens (tertiary/aromatic N) is 3. The number of phosphoric acid groups is 1. The summed E-state index contributed by atoms with van der Waals surface area (Å²) in [4.78, 5) is 40.3. The number of aromatic nitrogens is 4. The van der Waals surface area contributed by atoms with E-state index < -0.39 is 52.1 Å². The van der Waals surface area contributed by atoms with E-state index in [4.69, 9.17) is 15.4 Å². The summed E-state index contributed by atoms with van der Waals surface area (Å²) in [5.74, 6) is -0.225. The second kappa shape index (κ2) is 7.62. The molecule has 0 aliphatic carbocycles. The highest BCUT2D eigenvalue weighted by Crippen LogP contribution is 2.59. The minimum Gasteiger partial charge on any atom is -0.387 e. The van der Waals surface area contributed by atoms with E-state index in [2.05, 4.69) is 30.2 Å². The van der Waals surface area contributed by atoms with Crippen LogP contribution in [-0.4, -0.2) is 64.4 Å². The van der Waals surface area contributed by atoms with Crippen molar-refractivity contribution in [1.29, 1.82) is 0 Å². The number of fused-ring (bicyclic) bond motifs is 1. The number of nitrogen functional groups attached to an aromatic ring is 1. The van der Waals surface area contributed by atoms with Crippen molar-refractivity contribution in [3.8, 4) is 12.1 Å². The molecule has 158 valence electrons. The molecule has 2 aromatic rings. The Hall–Kier alpha value is -2.11. The maximum atomic E-state index is 11.8. The quantitative estimate of drug-likeness (QED) is 0.211. The predicted octanol–water partition coefficient (Wildman–Crippen LogP) is -1.77. The van der Waals surface area contributed by atoms with Gasteiger partial charge >= 0.3 is 15.4 Å². The predicted molar refractivity (Wildman–Crippen MR) is 94.0 cm³/mol. The Morgan fingerprint density at radius 1 is 1.38 bits per heavy atom. The molecule has 0 amide bonds. The highest BCUT2D eigenvalue weighted by atomic mass is 31.3. The maximum absolute atomic E-state index is 11.8. The topological polar surface area (TPSA) is 232 Å². The fourth-order valence-electron chi connectivity index (χ4n) is 2.58. The summed E-state index contributed by atoms with van der Waals surface area (Å²) >= 11 is 0. The van der Waals surface area contributed by atoms with Crippen molar-refractivity contribution in [1.82, 2.24) is 19.5 Å². The van der Waals surface area contributed by atoms with E-state index in [1.54, 1.807) is 0 Å². The first-order chi connectivity index (χ1) is 13.4. The molecule has 3 heterocycles. The number of aliphatic hydroxyl groups excluding tert-OH is 2. The molecule has 1 aliphatic rings. The van der Waals surface area contributed by atoms with Crippen molar-refractivity contribution in [3.05, 3.63) is 16.7 Å². The number of aromatic amines is 1. The molecule has 3 rings (SSSR count). The molecule has 1 aliphatic heterocycles. The molecular formula is C12H15N5O10P2. The number of terminal acetylenes is 1. The molecule has 0 bridgehead atoms. The zero-order valence-corrected chi connectivity index (χ0v) is 16.0. The van der Waals surface area contributed by atoms with Gasteiger partial charge in [0.25, 0.3) is 5.56 Å². The van der Waals surface area contributed by atoms with Gasteiger partial charge < -0.3 is 30.5 Å². The molecule has 29 heavy (non-hydrogen) atoms. The van der Waals surface area contributed by atoms with Crippen LogP contribution >= 0.6 is 15.4 Å². The normalized spacial score (nSPS) is 28.7. The Bertz CT molecular complexity index is 1120. The molecule has 0 saturated carbocycles. The van der Waals surface area contributed by atoms with Gasteiger partial charge in [0, 0.05) is 5.66 Å². The lowest BCUT2D eigenvalue weighted by atomic mass is 10.1. The number of nitrogens with one attached hydrogen (secondary N) is 1. The number of H-pyrrole nitrogens is 1. The molecule has 4 unspecified atom stereocenters. The highest BCUT2D eigenvalue weighted by molar-refractivity contribution is 7.67. The fraction of sp³-hybridized carbons (Fsp3) is 0.417. The van der Waals surface area contributed by atoms with E-state index in [0.29, 0.717) is 0 Å². The number of rotatable bonds is 6. The number of hydrogen-bond donors (Lipinski definition) is 6. The summed E-state index contributed by atoms with van der Waals surface area (Å²) in [6.45, 7) is -0.824. The first-order valence-electron chi connectivity index (χ1n) is 7.67. The molecule has 15 nitrogen and oxygen atoms in total.